The third-order valence-electron chi connectivity index (χ3n) is 4.77. The maximum atomic E-state index is 13.1. The third kappa shape index (κ3) is 6.60. The van der Waals surface area contributed by atoms with Crippen molar-refractivity contribution in [2.75, 3.05) is 41.1 Å². The molecule has 31 heavy (non-hydrogen) atoms. The van der Waals surface area contributed by atoms with Crippen LogP contribution >= 0.6 is 0 Å². The molecule has 2 aromatic rings. The summed E-state index contributed by atoms with van der Waals surface area (Å²) >= 11 is 0. The topological polar surface area (TPSA) is 75.3 Å². The fourth-order valence-electron chi connectivity index (χ4n) is 3.31. The molecular formula is C24H33NO6. The number of para-hydroxylation sites is 1. The molecule has 0 aliphatic carbocycles. The Morgan fingerprint density at radius 2 is 1.48 bits per heavy atom. The minimum Gasteiger partial charge on any atom is -0.496 e. The quantitative estimate of drug-likeness (QED) is 0.377. The van der Waals surface area contributed by atoms with Crippen molar-refractivity contribution in [2.45, 2.75) is 33.0 Å². The number of nitrogens with one attached hydrogen (secondary N) is 1. The summed E-state index contributed by atoms with van der Waals surface area (Å²) in [4.78, 5) is 13.1. The van der Waals surface area contributed by atoms with Gasteiger partial charge in [-0.05, 0) is 38.5 Å². The van der Waals surface area contributed by atoms with Gasteiger partial charge in [0, 0.05) is 37.3 Å². The van der Waals surface area contributed by atoms with Gasteiger partial charge in [0.25, 0.3) is 5.91 Å². The number of methoxy groups -OCH3 is 3. The van der Waals surface area contributed by atoms with E-state index < -0.39 is 0 Å². The zero-order valence-corrected chi connectivity index (χ0v) is 19.0. The Balaban J connectivity index is 2.24. The molecule has 0 saturated heterocycles. The van der Waals surface area contributed by atoms with E-state index in [1.165, 1.54) is 0 Å². The number of carbonyl (C=O) groups is 1. The molecule has 0 atom stereocenters. The number of hydrogen-bond acceptors (Lipinski definition) is 6. The summed E-state index contributed by atoms with van der Waals surface area (Å²) in [6.07, 6.45) is 1.18. The SMILES string of the molecule is CCOC(CCCNC(=O)c1cc(OC)c(OC)cc1-c1ccccc1OC)OCC. The Morgan fingerprint density at radius 3 is 2.10 bits per heavy atom. The monoisotopic (exact) mass is 431 g/mol. The molecule has 0 aromatic heterocycles. The molecule has 7 heteroatoms. The number of benzene rings is 2. The van der Waals surface area contributed by atoms with Gasteiger partial charge >= 0.3 is 0 Å². The van der Waals surface area contributed by atoms with Crippen LogP contribution in [0.15, 0.2) is 36.4 Å². The lowest BCUT2D eigenvalue weighted by atomic mass is 9.97. The van der Waals surface area contributed by atoms with Gasteiger partial charge in [0.1, 0.15) is 5.75 Å². The van der Waals surface area contributed by atoms with Crippen LogP contribution in [0.25, 0.3) is 11.1 Å². The molecule has 1 N–H and O–H groups in total. The van der Waals surface area contributed by atoms with E-state index in [2.05, 4.69) is 5.32 Å². The van der Waals surface area contributed by atoms with E-state index in [0.29, 0.717) is 54.6 Å². The Morgan fingerprint density at radius 1 is 0.871 bits per heavy atom. The highest BCUT2D eigenvalue weighted by Crippen LogP contribution is 2.39. The van der Waals surface area contributed by atoms with Crippen LogP contribution in [0, 0.1) is 0 Å². The van der Waals surface area contributed by atoms with Gasteiger partial charge in [-0.25, -0.2) is 0 Å². The summed E-state index contributed by atoms with van der Waals surface area (Å²) in [7, 11) is 4.72. The van der Waals surface area contributed by atoms with Crippen molar-refractivity contribution >= 4 is 5.91 Å². The van der Waals surface area contributed by atoms with E-state index in [4.69, 9.17) is 23.7 Å². The highest BCUT2D eigenvalue weighted by Gasteiger charge is 2.20. The van der Waals surface area contributed by atoms with E-state index in [1.54, 1.807) is 33.5 Å². The van der Waals surface area contributed by atoms with Gasteiger partial charge in [0.2, 0.25) is 0 Å². The fraction of sp³-hybridized carbons (Fsp3) is 0.458. The lowest BCUT2D eigenvalue weighted by molar-refractivity contribution is -0.139. The van der Waals surface area contributed by atoms with Crippen LogP contribution in [0.3, 0.4) is 0 Å². The minimum absolute atomic E-state index is 0.203. The van der Waals surface area contributed by atoms with Crippen molar-refractivity contribution in [3.05, 3.63) is 42.0 Å². The Kier molecular flexibility index (Phi) is 10.1. The number of amides is 1. The third-order valence-corrected chi connectivity index (χ3v) is 4.77. The van der Waals surface area contributed by atoms with Crippen LogP contribution in [-0.4, -0.2) is 53.3 Å². The molecule has 0 unspecified atom stereocenters. The first kappa shape index (κ1) is 24.5. The predicted molar refractivity (Wildman–Crippen MR) is 120 cm³/mol. The second-order valence-electron chi connectivity index (χ2n) is 6.69. The molecule has 0 heterocycles. The van der Waals surface area contributed by atoms with Crippen LogP contribution in [-0.2, 0) is 9.47 Å². The molecule has 170 valence electrons. The van der Waals surface area contributed by atoms with Crippen molar-refractivity contribution in [1.29, 1.82) is 0 Å². The van der Waals surface area contributed by atoms with Crippen LogP contribution < -0.4 is 19.5 Å². The molecule has 0 fully saturated rings. The van der Waals surface area contributed by atoms with Gasteiger partial charge in [-0.2, -0.15) is 0 Å². The summed E-state index contributed by atoms with van der Waals surface area (Å²) in [6.45, 7) is 5.54. The summed E-state index contributed by atoms with van der Waals surface area (Å²) in [5.41, 5.74) is 1.98. The van der Waals surface area contributed by atoms with Crippen molar-refractivity contribution in [3.63, 3.8) is 0 Å². The van der Waals surface area contributed by atoms with Gasteiger partial charge < -0.3 is 29.0 Å². The Labute approximate surface area is 184 Å². The normalized spacial score (nSPS) is 10.8. The minimum atomic E-state index is -0.253. The molecule has 2 aromatic carbocycles. The molecule has 0 bridgehead atoms. The lowest BCUT2D eigenvalue weighted by Gasteiger charge is -2.18. The van der Waals surface area contributed by atoms with Gasteiger partial charge in [0.15, 0.2) is 17.8 Å². The fourth-order valence-corrected chi connectivity index (χ4v) is 3.31. The Bertz CT molecular complexity index is 833. The second kappa shape index (κ2) is 12.8. The molecule has 0 aliphatic heterocycles. The van der Waals surface area contributed by atoms with Crippen molar-refractivity contribution < 1.29 is 28.5 Å². The largest absolute Gasteiger partial charge is 0.496 e. The van der Waals surface area contributed by atoms with Gasteiger partial charge in [-0.3, -0.25) is 4.79 Å². The Hall–Kier alpha value is -2.77. The molecule has 7 nitrogen and oxygen atoms in total. The van der Waals surface area contributed by atoms with Crippen LogP contribution in [0.4, 0.5) is 0 Å². The van der Waals surface area contributed by atoms with Crippen LogP contribution in [0.5, 0.6) is 17.2 Å². The lowest BCUT2D eigenvalue weighted by Crippen LogP contribution is -2.27. The van der Waals surface area contributed by atoms with E-state index in [-0.39, 0.29) is 12.2 Å². The first-order valence-corrected chi connectivity index (χ1v) is 10.5. The van der Waals surface area contributed by atoms with E-state index in [1.807, 2.05) is 38.1 Å². The molecule has 0 saturated carbocycles. The van der Waals surface area contributed by atoms with Crippen LogP contribution in [0.2, 0.25) is 0 Å². The average Bonchev–Trinajstić information content (AvgIpc) is 2.80. The molecule has 0 spiro atoms. The summed E-state index contributed by atoms with van der Waals surface area (Å²) in [5.74, 6) is 1.49. The standard InChI is InChI=1S/C24H33NO6/c1-6-30-23(31-7-2)13-10-14-25-24(26)19-16-22(29-5)21(28-4)15-18(19)17-11-8-9-12-20(17)27-3/h8-9,11-12,15-16,23H,6-7,10,13-14H2,1-5H3,(H,25,26). The molecular weight excluding hydrogens is 398 g/mol. The summed E-state index contributed by atoms with van der Waals surface area (Å²) in [5, 5.41) is 2.99. The first-order valence-electron chi connectivity index (χ1n) is 10.5. The highest BCUT2D eigenvalue weighted by atomic mass is 16.7. The maximum absolute atomic E-state index is 13.1. The smallest absolute Gasteiger partial charge is 0.252 e. The van der Waals surface area contributed by atoms with Crippen molar-refractivity contribution in [3.8, 4) is 28.4 Å². The van der Waals surface area contributed by atoms with E-state index in [0.717, 1.165) is 12.0 Å². The number of rotatable bonds is 13. The molecule has 2 rings (SSSR count). The molecule has 1 amide bonds. The van der Waals surface area contributed by atoms with E-state index in [9.17, 15) is 4.79 Å². The summed E-state index contributed by atoms with van der Waals surface area (Å²) in [6, 6.07) is 11.0. The summed E-state index contributed by atoms with van der Waals surface area (Å²) < 4.78 is 27.5. The maximum Gasteiger partial charge on any atom is 0.252 e. The molecule has 0 aliphatic rings. The average molecular weight is 432 g/mol. The van der Waals surface area contributed by atoms with E-state index >= 15 is 0 Å². The zero-order valence-electron chi connectivity index (χ0n) is 19.0. The number of hydrogen-bond donors (Lipinski definition) is 1. The predicted octanol–water partition coefficient (Wildman–Crippen LogP) is 4.29. The van der Waals surface area contributed by atoms with Gasteiger partial charge in [-0.15, -0.1) is 0 Å². The van der Waals surface area contributed by atoms with Gasteiger partial charge in [0.05, 0.1) is 26.9 Å². The van der Waals surface area contributed by atoms with Gasteiger partial charge in [-0.1, -0.05) is 18.2 Å². The zero-order chi connectivity index (χ0) is 22.6. The number of carbonyl (C=O) groups excluding carboxylic acids is 1. The van der Waals surface area contributed by atoms with Crippen LogP contribution in [0.1, 0.15) is 37.0 Å². The number of ether oxygens (including phenoxy) is 5. The van der Waals surface area contributed by atoms with Crippen molar-refractivity contribution in [2.24, 2.45) is 0 Å². The van der Waals surface area contributed by atoms with Crippen molar-refractivity contribution in [1.82, 2.24) is 5.32 Å². The highest BCUT2D eigenvalue weighted by molar-refractivity contribution is 6.02. The second-order valence-corrected chi connectivity index (χ2v) is 6.69. The first-order chi connectivity index (χ1) is 15.1. The molecule has 0 radical (unpaired) electrons.